The summed E-state index contributed by atoms with van der Waals surface area (Å²) in [5, 5.41) is 16.1. The smallest absolute Gasteiger partial charge is 0.337 e. The number of carboxylic acids is 2. The van der Waals surface area contributed by atoms with Crippen molar-refractivity contribution in [3.05, 3.63) is 29.8 Å². The minimum atomic E-state index is -0.988. The zero-order chi connectivity index (χ0) is 11.8. The lowest BCUT2D eigenvalue weighted by Gasteiger charge is -1.96. The fraction of sp³-hybridized carbons (Fsp3) is 0.111. The van der Waals surface area contributed by atoms with E-state index in [1.165, 1.54) is 6.07 Å². The lowest BCUT2D eigenvalue weighted by Crippen LogP contribution is -2.10. The van der Waals surface area contributed by atoms with Gasteiger partial charge in [0.05, 0.1) is 12.1 Å². The second-order valence-corrected chi connectivity index (χ2v) is 2.49. The van der Waals surface area contributed by atoms with Crippen LogP contribution in [0.3, 0.4) is 0 Å². The van der Waals surface area contributed by atoms with Gasteiger partial charge >= 0.3 is 11.9 Å². The molecule has 0 aliphatic rings. The minimum absolute atomic E-state index is 0.155. The zero-order valence-corrected chi connectivity index (χ0v) is 7.88. The van der Waals surface area contributed by atoms with E-state index in [2.05, 4.69) is 5.73 Å². The predicted octanol–water partition coefficient (Wildman–Crippen LogP) is -0.00330. The summed E-state index contributed by atoms with van der Waals surface area (Å²) in [5.74, 6) is -1.96. The van der Waals surface area contributed by atoms with Crippen molar-refractivity contribution in [3.63, 3.8) is 0 Å². The highest BCUT2D eigenvalue weighted by Gasteiger charge is 2.03. The maximum absolute atomic E-state index is 10.3. The van der Waals surface area contributed by atoms with Crippen molar-refractivity contribution in [2.45, 2.75) is 0 Å². The van der Waals surface area contributed by atoms with E-state index in [9.17, 15) is 9.59 Å². The highest BCUT2D eigenvalue weighted by molar-refractivity contribution is 5.93. The van der Waals surface area contributed by atoms with E-state index >= 15 is 0 Å². The van der Waals surface area contributed by atoms with E-state index in [4.69, 9.17) is 15.9 Å². The van der Waals surface area contributed by atoms with Crippen LogP contribution in [0, 0.1) is 0 Å². The number of aromatic carboxylic acids is 1. The highest BCUT2D eigenvalue weighted by atomic mass is 16.4. The van der Waals surface area contributed by atoms with Crippen LogP contribution in [-0.2, 0) is 4.79 Å². The molecule has 0 amide bonds. The Kier molecular flexibility index (Phi) is 5.50. The van der Waals surface area contributed by atoms with Gasteiger partial charge in [0.15, 0.2) is 0 Å². The Bertz CT molecular complexity index is 352. The molecule has 0 radical (unpaired) electrons. The van der Waals surface area contributed by atoms with Crippen molar-refractivity contribution in [3.8, 4) is 0 Å². The van der Waals surface area contributed by atoms with Crippen LogP contribution in [0.4, 0.5) is 5.69 Å². The third-order valence-corrected chi connectivity index (χ3v) is 1.37. The minimum Gasteiger partial charge on any atom is -0.480 e. The molecule has 6 nitrogen and oxygen atoms in total. The van der Waals surface area contributed by atoms with Gasteiger partial charge in [-0.15, -0.1) is 0 Å². The molecule has 0 spiro atoms. The number of benzene rings is 1. The van der Waals surface area contributed by atoms with Crippen LogP contribution in [0.2, 0.25) is 0 Å². The first kappa shape index (κ1) is 12.9. The van der Waals surface area contributed by atoms with Gasteiger partial charge in [0.2, 0.25) is 0 Å². The monoisotopic (exact) mass is 212 g/mol. The summed E-state index contributed by atoms with van der Waals surface area (Å²) in [6.45, 7) is -0.278. The maximum atomic E-state index is 10.3. The Morgan fingerprint density at radius 1 is 1.20 bits per heavy atom. The number of hydrogen-bond acceptors (Lipinski definition) is 4. The molecule has 1 aromatic rings. The van der Waals surface area contributed by atoms with Gasteiger partial charge in [-0.25, -0.2) is 4.79 Å². The molecule has 0 saturated carbocycles. The van der Waals surface area contributed by atoms with Crippen molar-refractivity contribution in [2.24, 2.45) is 5.73 Å². The van der Waals surface area contributed by atoms with Crippen LogP contribution in [0.25, 0.3) is 0 Å². The van der Waals surface area contributed by atoms with Gasteiger partial charge in [0, 0.05) is 5.69 Å². The summed E-state index contributed by atoms with van der Waals surface area (Å²) in [5.41, 5.74) is 10.4. The standard InChI is InChI=1S/C7H7NO2.C2H5NO2/c8-6-4-2-1-3-5(6)7(9)10;3-1-2(4)5/h1-4H,8H2,(H,9,10);1,3H2,(H,4,5). The van der Waals surface area contributed by atoms with E-state index in [0.717, 1.165) is 0 Å². The zero-order valence-electron chi connectivity index (χ0n) is 7.88. The molecule has 0 atom stereocenters. The van der Waals surface area contributed by atoms with Gasteiger partial charge in [-0.2, -0.15) is 0 Å². The number of carbonyl (C=O) groups is 2. The van der Waals surface area contributed by atoms with E-state index in [1.54, 1.807) is 18.2 Å². The molecule has 0 saturated heterocycles. The van der Waals surface area contributed by atoms with Gasteiger partial charge in [-0.05, 0) is 12.1 Å². The number of hydrogen-bond donors (Lipinski definition) is 4. The van der Waals surface area contributed by atoms with Crippen molar-refractivity contribution < 1.29 is 19.8 Å². The molecule has 6 heteroatoms. The van der Waals surface area contributed by atoms with Crippen molar-refractivity contribution >= 4 is 17.6 Å². The quantitative estimate of drug-likeness (QED) is 0.511. The Balaban J connectivity index is 0.000000336. The van der Waals surface area contributed by atoms with Crippen LogP contribution in [0.15, 0.2) is 24.3 Å². The third kappa shape index (κ3) is 5.27. The molecule has 0 bridgehead atoms. The Hall–Kier alpha value is -2.08. The first-order chi connectivity index (χ1) is 6.99. The molecule has 0 aliphatic heterocycles. The number of carboxylic acid groups (broad SMARTS) is 2. The van der Waals surface area contributed by atoms with Gasteiger partial charge in [0.1, 0.15) is 0 Å². The number of rotatable bonds is 2. The molecule has 15 heavy (non-hydrogen) atoms. The van der Waals surface area contributed by atoms with E-state index in [-0.39, 0.29) is 12.1 Å². The van der Waals surface area contributed by atoms with Crippen LogP contribution >= 0.6 is 0 Å². The van der Waals surface area contributed by atoms with Crippen LogP contribution < -0.4 is 11.5 Å². The molecule has 0 unspecified atom stereocenters. The topological polar surface area (TPSA) is 127 Å². The van der Waals surface area contributed by atoms with E-state index in [0.29, 0.717) is 5.69 Å². The molecule has 6 N–H and O–H groups in total. The summed E-state index contributed by atoms with van der Waals surface area (Å²) in [6.07, 6.45) is 0. The lowest BCUT2D eigenvalue weighted by molar-refractivity contribution is -0.135. The number of nitrogen functional groups attached to an aromatic ring is 1. The Labute approximate surface area is 86.1 Å². The van der Waals surface area contributed by atoms with Gasteiger partial charge in [0.25, 0.3) is 0 Å². The summed E-state index contributed by atoms with van der Waals surface area (Å²) in [7, 11) is 0. The second kappa shape index (κ2) is 6.39. The average molecular weight is 212 g/mol. The average Bonchev–Trinajstić information content (AvgIpc) is 2.19. The first-order valence-electron chi connectivity index (χ1n) is 3.98. The predicted molar refractivity (Wildman–Crippen MR) is 54.5 cm³/mol. The summed E-state index contributed by atoms with van der Waals surface area (Å²) >= 11 is 0. The van der Waals surface area contributed by atoms with Crippen LogP contribution in [0.1, 0.15) is 10.4 Å². The second-order valence-electron chi connectivity index (χ2n) is 2.49. The molecular formula is C9H12N2O4. The summed E-state index contributed by atoms with van der Waals surface area (Å²) in [6, 6.07) is 6.36. The molecule has 82 valence electrons. The number of aliphatic carboxylic acids is 1. The van der Waals surface area contributed by atoms with Crippen molar-refractivity contribution in [1.82, 2.24) is 0 Å². The lowest BCUT2D eigenvalue weighted by atomic mass is 10.2. The number of anilines is 1. The van der Waals surface area contributed by atoms with Crippen LogP contribution in [-0.4, -0.2) is 28.7 Å². The maximum Gasteiger partial charge on any atom is 0.337 e. The molecule has 1 aromatic carbocycles. The van der Waals surface area contributed by atoms with Crippen molar-refractivity contribution in [2.75, 3.05) is 12.3 Å². The van der Waals surface area contributed by atoms with Gasteiger partial charge in [-0.1, -0.05) is 12.1 Å². The Morgan fingerprint density at radius 3 is 1.93 bits per heavy atom. The fourth-order valence-electron chi connectivity index (χ4n) is 0.692. The molecular weight excluding hydrogens is 200 g/mol. The molecule has 1 rings (SSSR count). The summed E-state index contributed by atoms with van der Waals surface area (Å²) < 4.78 is 0. The summed E-state index contributed by atoms with van der Waals surface area (Å²) in [4.78, 5) is 19.6. The first-order valence-corrected chi connectivity index (χ1v) is 3.98. The molecule has 0 heterocycles. The normalized spacial score (nSPS) is 8.60. The molecule has 0 aliphatic carbocycles. The van der Waals surface area contributed by atoms with Crippen LogP contribution in [0.5, 0.6) is 0 Å². The van der Waals surface area contributed by atoms with E-state index < -0.39 is 11.9 Å². The molecule has 0 fully saturated rings. The SMILES string of the molecule is NCC(=O)O.Nc1ccccc1C(=O)O. The van der Waals surface area contributed by atoms with Gasteiger partial charge < -0.3 is 21.7 Å². The Morgan fingerprint density at radius 2 is 1.67 bits per heavy atom. The van der Waals surface area contributed by atoms with Gasteiger partial charge in [-0.3, -0.25) is 4.79 Å². The third-order valence-electron chi connectivity index (χ3n) is 1.37. The fourth-order valence-corrected chi connectivity index (χ4v) is 0.692. The number of nitrogens with two attached hydrogens (primary N) is 2. The van der Waals surface area contributed by atoms with E-state index in [1.807, 2.05) is 0 Å². The highest BCUT2D eigenvalue weighted by Crippen LogP contribution is 2.08. The molecule has 0 aromatic heterocycles. The van der Waals surface area contributed by atoms with Crippen molar-refractivity contribution in [1.29, 1.82) is 0 Å². The largest absolute Gasteiger partial charge is 0.480 e. The number of para-hydroxylation sites is 1.